The Morgan fingerprint density at radius 1 is 1.15 bits per heavy atom. The SMILES string of the molecule is COc1ccc(NC(=S)N2CCN(Cc3cn(C)nc3C)CC2)cc1OC. The second-order valence-corrected chi connectivity index (χ2v) is 7.06. The molecular formula is C19H27N5O2S. The number of rotatable bonds is 5. The number of aromatic nitrogens is 2. The third-order valence-electron chi connectivity index (χ3n) is 4.80. The summed E-state index contributed by atoms with van der Waals surface area (Å²) in [6.45, 7) is 6.75. The third-order valence-corrected chi connectivity index (χ3v) is 5.16. The molecule has 0 saturated carbocycles. The van der Waals surface area contributed by atoms with Crippen LogP contribution in [0.2, 0.25) is 0 Å². The van der Waals surface area contributed by atoms with E-state index < -0.39 is 0 Å². The summed E-state index contributed by atoms with van der Waals surface area (Å²) in [6, 6.07) is 5.71. The van der Waals surface area contributed by atoms with E-state index in [0.29, 0.717) is 11.5 Å². The first kappa shape index (κ1) is 19.4. The van der Waals surface area contributed by atoms with Crippen molar-refractivity contribution in [2.75, 3.05) is 45.7 Å². The Bertz CT molecular complexity index is 799. The van der Waals surface area contributed by atoms with Crippen molar-refractivity contribution in [2.24, 2.45) is 7.05 Å². The summed E-state index contributed by atoms with van der Waals surface area (Å²) in [6.07, 6.45) is 2.10. The molecule has 0 unspecified atom stereocenters. The van der Waals surface area contributed by atoms with Gasteiger partial charge in [-0.05, 0) is 31.3 Å². The van der Waals surface area contributed by atoms with Crippen molar-refractivity contribution < 1.29 is 9.47 Å². The van der Waals surface area contributed by atoms with E-state index in [9.17, 15) is 0 Å². The highest BCUT2D eigenvalue weighted by molar-refractivity contribution is 7.80. The van der Waals surface area contributed by atoms with Gasteiger partial charge in [0.05, 0.1) is 19.9 Å². The van der Waals surface area contributed by atoms with E-state index >= 15 is 0 Å². The van der Waals surface area contributed by atoms with Crippen LogP contribution in [0.4, 0.5) is 5.69 Å². The number of aryl methyl sites for hydroxylation is 2. The van der Waals surface area contributed by atoms with Crippen molar-refractivity contribution in [2.45, 2.75) is 13.5 Å². The van der Waals surface area contributed by atoms with Gasteiger partial charge in [-0.25, -0.2) is 0 Å². The van der Waals surface area contributed by atoms with Gasteiger partial charge in [0.2, 0.25) is 0 Å². The summed E-state index contributed by atoms with van der Waals surface area (Å²) in [5, 5.41) is 8.46. The lowest BCUT2D eigenvalue weighted by Gasteiger charge is -2.36. The molecule has 27 heavy (non-hydrogen) atoms. The molecule has 0 atom stereocenters. The van der Waals surface area contributed by atoms with Crippen molar-refractivity contribution in [3.63, 3.8) is 0 Å². The summed E-state index contributed by atoms with van der Waals surface area (Å²) >= 11 is 5.60. The highest BCUT2D eigenvalue weighted by Gasteiger charge is 2.20. The number of nitrogens with zero attached hydrogens (tertiary/aromatic N) is 4. The lowest BCUT2D eigenvalue weighted by atomic mass is 10.2. The number of methoxy groups -OCH3 is 2. The molecule has 1 aliphatic rings. The van der Waals surface area contributed by atoms with Gasteiger partial charge in [0.15, 0.2) is 16.6 Å². The normalized spacial score (nSPS) is 14.9. The molecule has 0 aliphatic carbocycles. The Morgan fingerprint density at radius 3 is 2.44 bits per heavy atom. The van der Waals surface area contributed by atoms with Crippen LogP contribution in [0.1, 0.15) is 11.3 Å². The highest BCUT2D eigenvalue weighted by Crippen LogP contribution is 2.29. The smallest absolute Gasteiger partial charge is 0.173 e. The van der Waals surface area contributed by atoms with Gasteiger partial charge in [-0.15, -0.1) is 0 Å². The monoisotopic (exact) mass is 389 g/mol. The van der Waals surface area contributed by atoms with Crippen LogP contribution in [0, 0.1) is 6.92 Å². The molecule has 2 aromatic rings. The molecule has 2 heterocycles. The number of ether oxygens (including phenoxy) is 2. The van der Waals surface area contributed by atoms with Crippen molar-refractivity contribution >= 4 is 23.0 Å². The largest absolute Gasteiger partial charge is 0.493 e. The molecule has 146 valence electrons. The van der Waals surface area contributed by atoms with Crippen molar-refractivity contribution in [1.29, 1.82) is 0 Å². The van der Waals surface area contributed by atoms with Crippen LogP contribution in [0.5, 0.6) is 11.5 Å². The van der Waals surface area contributed by atoms with Crippen molar-refractivity contribution in [1.82, 2.24) is 19.6 Å². The van der Waals surface area contributed by atoms with Gasteiger partial charge in [0.25, 0.3) is 0 Å². The molecule has 1 aliphatic heterocycles. The number of benzene rings is 1. The van der Waals surface area contributed by atoms with E-state index in [1.165, 1.54) is 5.56 Å². The molecule has 1 aromatic carbocycles. The number of hydrogen-bond acceptors (Lipinski definition) is 5. The van der Waals surface area contributed by atoms with Crippen LogP contribution >= 0.6 is 12.2 Å². The zero-order valence-corrected chi connectivity index (χ0v) is 17.2. The second kappa shape index (κ2) is 8.58. The molecule has 7 nitrogen and oxygen atoms in total. The van der Waals surface area contributed by atoms with Crippen LogP contribution < -0.4 is 14.8 Å². The van der Waals surface area contributed by atoms with Gasteiger partial charge >= 0.3 is 0 Å². The van der Waals surface area contributed by atoms with Crippen LogP contribution in [0.15, 0.2) is 24.4 Å². The summed E-state index contributed by atoms with van der Waals surface area (Å²) in [7, 11) is 5.22. The van der Waals surface area contributed by atoms with E-state index in [1.807, 2.05) is 29.9 Å². The maximum atomic E-state index is 5.60. The molecule has 3 rings (SSSR count). The first-order valence-corrected chi connectivity index (χ1v) is 9.40. The average molecular weight is 390 g/mol. The number of piperazine rings is 1. The minimum Gasteiger partial charge on any atom is -0.493 e. The van der Waals surface area contributed by atoms with E-state index in [4.69, 9.17) is 21.7 Å². The van der Waals surface area contributed by atoms with Crippen molar-refractivity contribution in [3.05, 3.63) is 35.7 Å². The predicted molar refractivity (Wildman–Crippen MR) is 111 cm³/mol. The molecule has 0 spiro atoms. The second-order valence-electron chi connectivity index (χ2n) is 6.68. The van der Waals surface area contributed by atoms with E-state index in [-0.39, 0.29) is 0 Å². The van der Waals surface area contributed by atoms with Crippen molar-refractivity contribution in [3.8, 4) is 11.5 Å². The Hall–Kier alpha value is -2.32. The summed E-state index contributed by atoms with van der Waals surface area (Å²) in [5.74, 6) is 1.38. The first-order valence-electron chi connectivity index (χ1n) is 8.99. The van der Waals surface area contributed by atoms with Crippen LogP contribution in [0.3, 0.4) is 0 Å². The lowest BCUT2D eigenvalue weighted by Crippen LogP contribution is -2.49. The number of thiocarbonyl (C=S) groups is 1. The van der Waals surface area contributed by atoms with Crippen LogP contribution in [0.25, 0.3) is 0 Å². The fourth-order valence-electron chi connectivity index (χ4n) is 3.27. The molecule has 0 amide bonds. The number of hydrogen-bond donors (Lipinski definition) is 1. The Morgan fingerprint density at radius 2 is 1.85 bits per heavy atom. The predicted octanol–water partition coefficient (Wildman–Crippen LogP) is 2.26. The summed E-state index contributed by atoms with van der Waals surface area (Å²) in [4.78, 5) is 4.65. The van der Waals surface area contributed by atoms with E-state index in [1.54, 1.807) is 14.2 Å². The summed E-state index contributed by atoms with van der Waals surface area (Å²) in [5.41, 5.74) is 3.29. The van der Waals surface area contributed by atoms with Gasteiger partial charge in [0.1, 0.15) is 0 Å². The van der Waals surface area contributed by atoms with Gasteiger partial charge in [-0.3, -0.25) is 9.58 Å². The first-order chi connectivity index (χ1) is 13.0. The topological polar surface area (TPSA) is 54.8 Å². The van der Waals surface area contributed by atoms with E-state index in [0.717, 1.165) is 49.2 Å². The molecule has 1 fully saturated rings. The standard InChI is InChI=1S/C19H27N5O2S/c1-14-15(12-22(2)21-14)13-23-7-9-24(10-8-23)19(27)20-16-5-6-17(25-3)18(11-16)26-4/h5-6,11-12H,7-10,13H2,1-4H3,(H,20,27). The Balaban J connectivity index is 1.53. The van der Waals surface area contributed by atoms with Gasteiger partial charge in [-0.1, -0.05) is 0 Å². The number of anilines is 1. The third kappa shape index (κ3) is 4.70. The minimum absolute atomic E-state index is 0.682. The van der Waals surface area contributed by atoms with Gasteiger partial charge < -0.3 is 19.7 Å². The maximum Gasteiger partial charge on any atom is 0.173 e. The summed E-state index contributed by atoms with van der Waals surface area (Å²) < 4.78 is 12.5. The highest BCUT2D eigenvalue weighted by atomic mass is 32.1. The molecule has 1 N–H and O–H groups in total. The molecule has 8 heteroatoms. The van der Waals surface area contributed by atoms with Gasteiger partial charge in [0, 0.05) is 63.3 Å². The van der Waals surface area contributed by atoms with Gasteiger partial charge in [-0.2, -0.15) is 5.10 Å². The molecular weight excluding hydrogens is 362 g/mol. The molecule has 1 aromatic heterocycles. The average Bonchev–Trinajstić information content (AvgIpc) is 2.99. The fraction of sp³-hybridized carbons (Fsp3) is 0.474. The molecule has 1 saturated heterocycles. The maximum absolute atomic E-state index is 5.60. The quantitative estimate of drug-likeness (QED) is 0.787. The Kier molecular flexibility index (Phi) is 6.18. The lowest BCUT2D eigenvalue weighted by molar-refractivity contribution is 0.176. The Labute approximate surface area is 165 Å². The number of nitrogens with one attached hydrogen (secondary N) is 1. The van der Waals surface area contributed by atoms with Crippen LogP contribution in [-0.2, 0) is 13.6 Å². The molecule has 0 bridgehead atoms. The zero-order chi connectivity index (χ0) is 19.4. The minimum atomic E-state index is 0.682. The van der Waals surface area contributed by atoms with E-state index in [2.05, 4.69) is 33.3 Å². The fourth-order valence-corrected chi connectivity index (χ4v) is 3.57. The molecule has 0 radical (unpaired) electrons. The van der Waals surface area contributed by atoms with Crippen LogP contribution in [-0.4, -0.2) is 65.1 Å². The zero-order valence-electron chi connectivity index (χ0n) is 16.4.